The van der Waals surface area contributed by atoms with E-state index in [1.807, 2.05) is 0 Å². The first-order valence-corrected chi connectivity index (χ1v) is 24.5. The molecule has 0 saturated carbocycles. The second-order valence-electron chi connectivity index (χ2n) is 19.8. The molecule has 0 N–H and O–H groups in total. The molecule has 70 heavy (non-hydrogen) atoms. The van der Waals surface area contributed by atoms with E-state index in [2.05, 4.69) is 292 Å². The summed E-state index contributed by atoms with van der Waals surface area (Å²) in [6.45, 7) is 9.64. The van der Waals surface area contributed by atoms with Crippen molar-refractivity contribution in [3.05, 3.63) is 275 Å². The summed E-state index contributed by atoms with van der Waals surface area (Å²) in [5, 5.41) is 2.58. The van der Waals surface area contributed by atoms with Gasteiger partial charge < -0.3 is 9.80 Å². The summed E-state index contributed by atoms with van der Waals surface area (Å²) in [5.74, 6) is 0. The number of fused-ring (bicyclic) bond motifs is 8. The van der Waals surface area contributed by atoms with Crippen LogP contribution in [0, 0.1) is 0 Å². The van der Waals surface area contributed by atoms with Crippen LogP contribution >= 0.6 is 0 Å². The molecule has 0 atom stereocenters. The zero-order chi connectivity index (χ0) is 47.4. The number of hydrogen-bond donors (Lipinski definition) is 0. The monoisotopic (exact) mass is 898 g/mol. The molecule has 0 radical (unpaired) electrons. The molecule has 0 amide bonds. The molecule has 0 fully saturated rings. The van der Waals surface area contributed by atoms with Gasteiger partial charge in [0.05, 0.1) is 0 Å². The van der Waals surface area contributed by atoms with Gasteiger partial charge in [0.1, 0.15) is 0 Å². The largest absolute Gasteiger partial charge is 0.311 e. The Morgan fingerprint density at radius 1 is 0.286 bits per heavy atom. The minimum absolute atomic E-state index is 0.163. The lowest BCUT2D eigenvalue weighted by Crippen LogP contribution is -2.17. The fraction of sp³-hybridized carbons (Fsp3) is 0.0882. The van der Waals surface area contributed by atoms with Gasteiger partial charge in [-0.2, -0.15) is 0 Å². The van der Waals surface area contributed by atoms with E-state index in [4.69, 9.17) is 0 Å². The Labute approximate surface area is 412 Å². The van der Waals surface area contributed by atoms with Gasteiger partial charge in [0.15, 0.2) is 0 Å². The van der Waals surface area contributed by atoms with Gasteiger partial charge >= 0.3 is 0 Å². The number of rotatable bonds is 10. The fourth-order valence-corrected chi connectivity index (χ4v) is 11.1. The first-order chi connectivity index (χ1) is 34.2. The highest BCUT2D eigenvalue weighted by Gasteiger charge is 2.42. The third-order valence-corrected chi connectivity index (χ3v) is 14.8. The normalized spacial score (nSPS) is 13.8. The summed E-state index contributed by atoms with van der Waals surface area (Å²) in [5.41, 5.74) is 22.2. The van der Waals surface area contributed by atoms with Gasteiger partial charge in [0.25, 0.3) is 0 Å². The van der Waals surface area contributed by atoms with Gasteiger partial charge in [-0.3, -0.25) is 0 Å². The minimum atomic E-state index is -0.184. The zero-order valence-corrected chi connectivity index (χ0v) is 40.1. The SMILES string of the molecule is CC1(C)c2cc(/C=C/c3ccc(N(c4ccccc4)c4ccccc4)cc3)ccc2-c2cc3c(cc21)-c1c(cc(/C=C/c2ccc(N(c4ccccc4)c4ccccc4)cc2)c2ccccc12)C3(C)C. The third kappa shape index (κ3) is 7.45. The Morgan fingerprint density at radius 2 is 0.657 bits per heavy atom. The molecule has 2 nitrogen and oxygen atoms in total. The fourth-order valence-electron chi connectivity index (χ4n) is 11.1. The van der Waals surface area contributed by atoms with Crippen LogP contribution in [-0.2, 0) is 10.8 Å². The topological polar surface area (TPSA) is 6.48 Å². The molecule has 0 aromatic heterocycles. The van der Waals surface area contributed by atoms with Crippen molar-refractivity contribution in [2.24, 2.45) is 0 Å². The van der Waals surface area contributed by atoms with Crippen LogP contribution in [-0.4, -0.2) is 0 Å². The Hall–Kier alpha value is -8.46. The zero-order valence-electron chi connectivity index (χ0n) is 40.1. The Kier molecular flexibility index (Phi) is 10.6. The van der Waals surface area contributed by atoms with E-state index < -0.39 is 0 Å². The second kappa shape index (κ2) is 17.3. The first-order valence-electron chi connectivity index (χ1n) is 24.5. The Morgan fingerprint density at radius 3 is 1.17 bits per heavy atom. The average molecular weight is 899 g/mol. The molecule has 0 unspecified atom stereocenters. The van der Waals surface area contributed by atoms with Gasteiger partial charge in [-0.25, -0.2) is 0 Å². The maximum atomic E-state index is 2.54. The van der Waals surface area contributed by atoms with Crippen LogP contribution in [0.3, 0.4) is 0 Å². The van der Waals surface area contributed by atoms with Gasteiger partial charge in [0, 0.05) is 45.0 Å². The maximum Gasteiger partial charge on any atom is 0.0462 e. The number of para-hydroxylation sites is 4. The number of benzene rings is 10. The predicted molar refractivity (Wildman–Crippen MR) is 299 cm³/mol. The van der Waals surface area contributed by atoms with Crippen molar-refractivity contribution >= 4 is 69.2 Å². The molecule has 10 aromatic rings. The van der Waals surface area contributed by atoms with E-state index in [0.717, 1.165) is 39.7 Å². The van der Waals surface area contributed by atoms with Crippen molar-refractivity contribution in [3.8, 4) is 22.3 Å². The first kappa shape index (κ1) is 42.9. The van der Waals surface area contributed by atoms with Crippen molar-refractivity contribution in [2.75, 3.05) is 9.80 Å². The molecule has 10 aromatic carbocycles. The van der Waals surface area contributed by atoms with E-state index in [9.17, 15) is 0 Å². The molecule has 2 aliphatic rings. The lowest BCUT2D eigenvalue weighted by atomic mass is 9.79. The van der Waals surface area contributed by atoms with Gasteiger partial charge in [-0.1, -0.05) is 192 Å². The van der Waals surface area contributed by atoms with Gasteiger partial charge in [0.2, 0.25) is 0 Å². The standard InChI is InChI=1S/C68H54N2/c1-67(2)62-43-49(30-29-47-32-38-55(39-33-47)69(51-19-9-5-10-20-51)52-21-11-6-12-22-52)36-42-58(62)60-45-64-61(46-63(60)67)66-59-28-18-17-27-57(59)50(44-65(66)68(64,3)4)37-31-48-34-40-56(41-35-48)70(53-23-13-7-14-24-53)54-25-15-8-16-26-54/h5-46H,1-4H3/b30-29+,37-31+. The molecule has 12 rings (SSSR count). The van der Waals surface area contributed by atoms with Crippen LogP contribution < -0.4 is 9.80 Å². The molecule has 0 bridgehead atoms. The molecule has 0 heterocycles. The molecule has 0 aliphatic heterocycles. The minimum Gasteiger partial charge on any atom is -0.311 e. The molecule has 2 aliphatic carbocycles. The number of anilines is 6. The van der Waals surface area contributed by atoms with Crippen LogP contribution in [0.5, 0.6) is 0 Å². The molecule has 0 saturated heterocycles. The van der Waals surface area contributed by atoms with Crippen LogP contribution in [0.4, 0.5) is 34.1 Å². The summed E-state index contributed by atoms with van der Waals surface area (Å²) in [7, 11) is 0. The van der Waals surface area contributed by atoms with Crippen molar-refractivity contribution < 1.29 is 0 Å². The van der Waals surface area contributed by atoms with Crippen LogP contribution in [0.2, 0.25) is 0 Å². The lowest BCUT2D eigenvalue weighted by Gasteiger charge is -2.25. The quantitative estimate of drug-likeness (QED) is 0.126. The highest BCUT2D eigenvalue weighted by molar-refractivity contribution is 6.07. The molecular weight excluding hydrogens is 845 g/mol. The van der Waals surface area contributed by atoms with Crippen LogP contribution in [0.15, 0.2) is 231 Å². The second-order valence-corrected chi connectivity index (χ2v) is 19.8. The van der Waals surface area contributed by atoms with Gasteiger partial charge in [-0.05, 0) is 169 Å². The highest BCUT2D eigenvalue weighted by Crippen LogP contribution is 2.58. The Balaban J connectivity index is 0.833. The van der Waals surface area contributed by atoms with E-state index in [0.29, 0.717) is 0 Å². The molecule has 0 spiro atoms. The number of hydrogen-bond acceptors (Lipinski definition) is 2. The van der Waals surface area contributed by atoms with Crippen molar-refractivity contribution in [3.63, 3.8) is 0 Å². The lowest BCUT2D eigenvalue weighted by molar-refractivity contribution is 0.652. The number of nitrogens with zero attached hydrogens (tertiary/aromatic N) is 2. The van der Waals surface area contributed by atoms with E-state index in [1.165, 1.54) is 72.0 Å². The summed E-state index contributed by atoms with van der Waals surface area (Å²) in [6.07, 6.45) is 9.08. The average Bonchev–Trinajstić information content (AvgIpc) is 3.77. The van der Waals surface area contributed by atoms with Crippen LogP contribution in [0.1, 0.15) is 72.2 Å². The third-order valence-electron chi connectivity index (χ3n) is 14.8. The van der Waals surface area contributed by atoms with E-state index in [1.54, 1.807) is 0 Å². The highest BCUT2D eigenvalue weighted by atomic mass is 15.1. The summed E-state index contributed by atoms with van der Waals surface area (Å²) < 4.78 is 0. The van der Waals surface area contributed by atoms with Gasteiger partial charge in [-0.15, -0.1) is 0 Å². The predicted octanol–water partition coefficient (Wildman–Crippen LogP) is 18.7. The van der Waals surface area contributed by atoms with E-state index >= 15 is 0 Å². The molecular formula is C68H54N2. The van der Waals surface area contributed by atoms with Crippen molar-refractivity contribution in [1.82, 2.24) is 0 Å². The van der Waals surface area contributed by atoms with Crippen molar-refractivity contribution in [2.45, 2.75) is 38.5 Å². The molecule has 336 valence electrons. The van der Waals surface area contributed by atoms with Crippen molar-refractivity contribution in [1.29, 1.82) is 0 Å². The Bertz CT molecular complexity index is 3530. The van der Waals surface area contributed by atoms with E-state index in [-0.39, 0.29) is 10.8 Å². The maximum absolute atomic E-state index is 2.54. The van der Waals surface area contributed by atoms with Crippen LogP contribution in [0.25, 0.3) is 57.3 Å². The summed E-state index contributed by atoms with van der Waals surface area (Å²) in [4.78, 5) is 4.61. The molecule has 2 heteroatoms. The summed E-state index contributed by atoms with van der Waals surface area (Å²) >= 11 is 0. The smallest absolute Gasteiger partial charge is 0.0462 e. The summed E-state index contributed by atoms with van der Waals surface area (Å²) in [6, 6.07) is 83.7.